The van der Waals surface area contributed by atoms with Crippen molar-refractivity contribution in [3.63, 3.8) is 0 Å². The van der Waals surface area contributed by atoms with Crippen molar-refractivity contribution >= 4 is 24.2 Å². The summed E-state index contributed by atoms with van der Waals surface area (Å²) in [5.74, 6) is 0. The van der Waals surface area contributed by atoms with Crippen LogP contribution >= 0.6 is 0 Å². The Bertz CT molecular complexity index is 392. The molecule has 0 atom stereocenters. The molecule has 0 aliphatic rings. The Balaban J connectivity index is 2.87. The van der Waals surface area contributed by atoms with Crippen LogP contribution in [-0.4, -0.2) is 17.6 Å². The zero-order valence-electron chi connectivity index (χ0n) is 6.70. The summed E-state index contributed by atoms with van der Waals surface area (Å²) in [7, 11) is 4.05. The molecule has 1 aromatic heterocycles. The molecule has 0 aliphatic carbocycles. The molecule has 2 aromatic rings. The standard InChI is InChI=1S/C8H9BN2/c1-11-8-4-7(9)3-2-6(8)5-10-11/h2-5H,9H2,1H3. The molecular weight excluding hydrogens is 135 g/mol. The summed E-state index contributed by atoms with van der Waals surface area (Å²) in [6, 6.07) is 6.34. The predicted molar refractivity (Wildman–Crippen MR) is 48.9 cm³/mol. The van der Waals surface area contributed by atoms with Crippen molar-refractivity contribution < 1.29 is 0 Å². The van der Waals surface area contributed by atoms with Crippen LogP contribution in [0.25, 0.3) is 10.9 Å². The minimum atomic E-state index is 1.20. The van der Waals surface area contributed by atoms with Crippen molar-refractivity contribution in [3.8, 4) is 0 Å². The van der Waals surface area contributed by atoms with Gasteiger partial charge in [0.1, 0.15) is 7.85 Å². The third-order valence-electron chi connectivity index (χ3n) is 1.90. The number of nitrogens with zero attached hydrogens (tertiary/aromatic N) is 2. The second kappa shape index (κ2) is 2.12. The van der Waals surface area contributed by atoms with Crippen molar-refractivity contribution in [3.05, 3.63) is 24.4 Å². The van der Waals surface area contributed by atoms with Crippen molar-refractivity contribution in [2.45, 2.75) is 0 Å². The monoisotopic (exact) mass is 144 g/mol. The first-order valence-corrected chi connectivity index (χ1v) is 3.66. The average molecular weight is 144 g/mol. The zero-order valence-corrected chi connectivity index (χ0v) is 6.70. The van der Waals surface area contributed by atoms with Crippen LogP contribution in [0.15, 0.2) is 24.4 Å². The molecule has 3 heteroatoms. The maximum atomic E-state index is 4.15. The number of fused-ring (bicyclic) bond motifs is 1. The molecule has 0 radical (unpaired) electrons. The Labute approximate surface area is 66.2 Å². The smallest absolute Gasteiger partial charge is 0.139 e. The molecular formula is C8H9BN2. The second-order valence-corrected chi connectivity index (χ2v) is 2.83. The largest absolute Gasteiger partial charge is 0.268 e. The molecule has 1 aromatic carbocycles. The fourth-order valence-electron chi connectivity index (χ4n) is 1.25. The molecule has 0 N–H and O–H groups in total. The van der Waals surface area contributed by atoms with Gasteiger partial charge in [0, 0.05) is 12.4 Å². The van der Waals surface area contributed by atoms with Crippen LogP contribution in [0.3, 0.4) is 0 Å². The molecule has 0 bridgehead atoms. The van der Waals surface area contributed by atoms with Crippen molar-refractivity contribution in [1.29, 1.82) is 0 Å². The normalized spacial score (nSPS) is 10.6. The summed E-state index contributed by atoms with van der Waals surface area (Å²) in [5, 5.41) is 5.36. The van der Waals surface area contributed by atoms with Crippen molar-refractivity contribution in [2.75, 3.05) is 0 Å². The Kier molecular flexibility index (Phi) is 1.25. The lowest BCUT2D eigenvalue weighted by atomic mass is 9.95. The number of aryl methyl sites for hydroxylation is 1. The van der Waals surface area contributed by atoms with E-state index in [0.717, 1.165) is 0 Å². The van der Waals surface area contributed by atoms with E-state index in [4.69, 9.17) is 0 Å². The van der Waals surface area contributed by atoms with E-state index in [-0.39, 0.29) is 0 Å². The molecule has 2 nitrogen and oxygen atoms in total. The average Bonchev–Trinajstić information content (AvgIpc) is 2.33. The summed E-state index contributed by atoms with van der Waals surface area (Å²) in [5.41, 5.74) is 2.48. The number of hydrogen-bond acceptors (Lipinski definition) is 1. The third kappa shape index (κ3) is 0.927. The maximum absolute atomic E-state index is 4.15. The van der Waals surface area contributed by atoms with Gasteiger partial charge in [0.05, 0.1) is 11.7 Å². The Hall–Kier alpha value is -1.25. The van der Waals surface area contributed by atoms with Crippen LogP contribution < -0.4 is 5.46 Å². The topological polar surface area (TPSA) is 17.8 Å². The van der Waals surface area contributed by atoms with Gasteiger partial charge < -0.3 is 0 Å². The van der Waals surface area contributed by atoms with Gasteiger partial charge in [-0.25, -0.2) is 0 Å². The molecule has 0 spiro atoms. The van der Waals surface area contributed by atoms with Gasteiger partial charge in [-0.3, -0.25) is 4.68 Å². The lowest BCUT2D eigenvalue weighted by molar-refractivity contribution is 0.797. The number of aromatic nitrogens is 2. The maximum Gasteiger partial charge on any atom is 0.139 e. The number of hydrogen-bond donors (Lipinski definition) is 0. The van der Waals surface area contributed by atoms with Gasteiger partial charge in [-0.2, -0.15) is 5.10 Å². The highest BCUT2D eigenvalue weighted by molar-refractivity contribution is 6.33. The molecule has 0 unspecified atom stereocenters. The quantitative estimate of drug-likeness (QED) is 0.469. The van der Waals surface area contributed by atoms with Gasteiger partial charge >= 0.3 is 0 Å². The van der Waals surface area contributed by atoms with Crippen molar-refractivity contribution in [1.82, 2.24) is 9.78 Å². The van der Waals surface area contributed by atoms with E-state index in [1.165, 1.54) is 16.4 Å². The van der Waals surface area contributed by atoms with E-state index in [2.05, 4.69) is 31.1 Å². The Morgan fingerprint density at radius 3 is 3.09 bits per heavy atom. The Morgan fingerprint density at radius 2 is 2.27 bits per heavy atom. The zero-order chi connectivity index (χ0) is 7.84. The molecule has 1 heterocycles. The van der Waals surface area contributed by atoms with Crippen LogP contribution in [0.1, 0.15) is 0 Å². The third-order valence-corrected chi connectivity index (χ3v) is 1.90. The molecule has 54 valence electrons. The van der Waals surface area contributed by atoms with Gasteiger partial charge in [-0.05, 0) is 6.07 Å². The van der Waals surface area contributed by atoms with E-state index in [1.807, 2.05) is 17.9 Å². The van der Waals surface area contributed by atoms with Crippen LogP contribution in [0.2, 0.25) is 0 Å². The van der Waals surface area contributed by atoms with Crippen LogP contribution in [0.5, 0.6) is 0 Å². The van der Waals surface area contributed by atoms with Gasteiger partial charge in [0.25, 0.3) is 0 Å². The summed E-state index contributed by atoms with van der Waals surface area (Å²) in [6.07, 6.45) is 1.88. The lowest BCUT2D eigenvalue weighted by Gasteiger charge is -1.94. The highest BCUT2D eigenvalue weighted by Gasteiger charge is 1.96. The fraction of sp³-hybridized carbons (Fsp3) is 0.125. The summed E-state index contributed by atoms with van der Waals surface area (Å²) in [4.78, 5) is 0. The molecule has 0 aliphatic heterocycles. The fourth-order valence-corrected chi connectivity index (χ4v) is 1.25. The first kappa shape index (κ1) is 6.46. The lowest BCUT2D eigenvalue weighted by Crippen LogP contribution is -2.01. The minimum Gasteiger partial charge on any atom is -0.268 e. The number of benzene rings is 1. The highest BCUT2D eigenvalue weighted by atomic mass is 15.2. The number of rotatable bonds is 0. The van der Waals surface area contributed by atoms with Crippen LogP contribution in [-0.2, 0) is 7.05 Å². The Morgan fingerprint density at radius 1 is 1.45 bits per heavy atom. The summed E-state index contributed by atoms with van der Waals surface area (Å²) in [6.45, 7) is 0. The van der Waals surface area contributed by atoms with E-state index in [1.54, 1.807) is 0 Å². The predicted octanol–water partition coefficient (Wildman–Crippen LogP) is -0.168. The van der Waals surface area contributed by atoms with Gasteiger partial charge in [-0.15, -0.1) is 0 Å². The van der Waals surface area contributed by atoms with E-state index in [0.29, 0.717) is 0 Å². The first-order valence-electron chi connectivity index (χ1n) is 3.66. The van der Waals surface area contributed by atoms with E-state index >= 15 is 0 Å². The van der Waals surface area contributed by atoms with Gasteiger partial charge in [0.15, 0.2) is 0 Å². The second-order valence-electron chi connectivity index (χ2n) is 2.83. The SMILES string of the molecule is Bc1ccc2cnn(C)c2c1. The first-order chi connectivity index (χ1) is 5.27. The van der Waals surface area contributed by atoms with Crippen LogP contribution in [0, 0.1) is 0 Å². The summed E-state index contributed by atoms with van der Waals surface area (Å²) >= 11 is 0. The van der Waals surface area contributed by atoms with E-state index < -0.39 is 0 Å². The molecule has 0 saturated heterocycles. The van der Waals surface area contributed by atoms with Crippen molar-refractivity contribution in [2.24, 2.45) is 7.05 Å². The van der Waals surface area contributed by atoms with Crippen LogP contribution in [0.4, 0.5) is 0 Å². The highest BCUT2D eigenvalue weighted by Crippen LogP contribution is 2.08. The minimum absolute atomic E-state index is 1.20. The van der Waals surface area contributed by atoms with Gasteiger partial charge in [-0.1, -0.05) is 17.6 Å². The molecule has 0 fully saturated rings. The molecule has 0 saturated carbocycles. The van der Waals surface area contributed by atoms with E-state index in [9.17, 15) is 0 Å². The molecule has 11 heavy (non-hydrogen) atoms. The van der Waals surface area contributed by atoms with Gasteiger partial charge in [0.2, 0.25) is 0 Å². The summed E-state index contributed by atoms with van der Waals surface area (Å²) < 4.78 is 1.89. The molecule has 0 amide bonds. The molecule has 2 rings (SSSR count).